The van der Waals surface area contributed by atoms with Crippen LogP contribution in [-0.4, -0.2) is 5.91 Å². The fourth-order valence-electron chi connectivity index (χ4n) is 2.14. The number of anilines is 1. The van der Waals surface area contributed by atoms with Crippen LogP contribution in [-0.2, 0) is 6.54 Å². The topological polar surface area (TPSA) is 78.9 Å². The van der Waals surface area contributed by atoms with E-state index in [1.54, 1.807) is 24.3 Å². The zero-order valence-corrected chi connectivity index (χ0v) is 12.1. The highest BCUT2D eigenvalue weighted by molar-refractivity contribution is 5.96. The minimum absolute atomic E-state index is 0.165. The third-order valence-electron chi connectivity index (χ3n) is 3.37. The number of aryl methyl sites for hydroxylation is 2. The number of nitriles is 1. The number of hydrogen-bond acceptors (Lipinski definition) is 3. The average Bonchev–Trinajstić information content (AvgIpc) is 2.48. The summed E-state index contributed by atoms with van der Waals surface area (Å²) in [5.41, 5.74) is 10.4. The van der Waals surface area contributed by atoms with E-state index >= 15 is 0 Å². The van der Waals surface area contributed by atoms with Gasteiger partial charge in [-0.15, -0.1) is 0 Å². The van der Waals surface area contributed by atoms with Crippen LogP contribution >= 0.6 is 0 Å². The maximum Gasteiger partial charge on any atom is 0.251 e. The Morgan fingerprint density at radius 3 is 2.71 bits per heavy atom. The first kappa shape index (κ1) is 14.6. The van der Waals surface area contributed by atoms with Gasteiger partial charge in [-0.3, -0.25) is 4.79 Å². The van der Waals surface area contributed by atoms with Crippen molar-refractivity contribution in [2.45, 2.75) is 20.4 Å². The minimum atomic E-state index is -0.165. The molecule has 0 aliphatic carbocycles. The van der Waals surface area contributed by atoms with Gasteiger partial charge in [0.15, 0.2) is 0 Å². The number of rotatable bonds is 3. The van der Waals surface area contributed by atoms with Gasteiger partial charge in [0.05, 0.1) is 11.6 Å². The van der Waals surface area contributed by atoms with E-state index in [0.717, 1.165) is 16.7 Å². The van der Waals surface area contributed by atoms with Crippen LogP contribution in [0.25, 0.3) is 0 Å². The molecule has 0 bridgehead atoms. The largest absolute Gasteiger partial charge is 0.398 e. The summed E-state index contributed by atoms with van der Waals surface area (Å²) in [6, 6.07) is 12.8. The van der Waals surface area contributed by atoms with Crippen LogP contribution in [0.3, 0.4) is 0 Å². The van der Waals surface area contributed by atoms with E-state index < -0.39 is 0 Å². The van der Waals surface area contributed by atoms with E-state index in [9.17, 15) is 4.79 Å². The Morgan fingerprint density at radius 2 is 2.00 bits per heavy atom. The molecule has 0 spiro atoms. The lowest BCUT2D eigenvalue weighted by atomic mass is 10.0. The highest BCUT2D eigenvalue weighted by atomic mass is 16.1. The molecule has 0 fully saturated rings. The minimum Gasteiger partial charge on any atom is -0.398 e. The number of hydrogen-bond donors (Lipinski definition) is 2. The molecular weight excluding hydrogens is 262 g/mol. The van der Waals surface area contributed by atoms with Crippen molar-refractivity contribution >= 4 is 11.6 Å². The quantitative estimate of drug-likeness (QED) is 0.848. The molecule has 3 N–H and O–H groups in total. The SMILES string of the molecule is Cc1cc(C)c(C(=O)NCc2cccc(C#N)c2)cc1N. The summed E-state index contributed by atoms with van der Waals surface area (Å²) in [5.74, 6) is -0.165. The van der Waals surface area contributed by atoms with Crippen molar-refractivity contribution in [1.29, 1.82) is 5.26 Å². The van der Waals surface area contributed by atoms with Crippen LogP contribution < -0.4 is 11.1 Å². The molecule has 21 heavy (non-hydrogen) atoms. The second kappa shape index (κ2) is 6.10. The molecule has 2 aromatic carbocycles. The maximum atomic E-state index is 12.2. The Hall–Kier alpha value is -2.80. The molecule has 0 aliphatic heterocycles. The van der Waals surface area contributed by atoms with Gasteiger partial charge in [-0.2, -0.15) is 5.26 Å². The zero-order valence-electron chi connectivity index (χ0n) is 12.1. The monoisotopic (exact) mass is 279 g/mol. The van der Waals surface area contributed by atoms with Gasteiger partial charge in [0.1, 0.15) is 0 Å². The second-order valence-corrected chi connectivity index (χ2v) is 5.02. The third kappa shape index (κ3) is 3.40. The van der Waals surface area contributed by atoms with Crippen LogP contribution in [0, 0.1) is 25.2 Å². The summed E-state index contributed by atoms with van der Waals surface area (Å²) in [4.78, 5) is 12.2. The summed E-state index contributed by atoms with van der Waals surface area (Å²) in [5, 5.41) is 11.7. The first-order chi connectivity index (χ1) is 10.0. The van der Waals surface area contributed by atoms with E-state index in [0.29, 0.717) is 23.4 Å². The van der Waals surface area contributed by atoms with Gasteiger partial charge >= 0.3 is 0 Å². The summed E-state index contributed by atoms with van der Waals surface area (Å²) < 4.78 is 0. The first-order valence-corrected chi connectivity index (χ1v) is 6.65. The highest BCUT2D eigenvalue weighted by Gasteiger charge is 2.10. The normalized spacial score (nSPS) is 9.95. The molecule has 0 heterocycles. The Kier molecular flexibility index (Phi) is 4.24. The van der Waals surface area contributed by atoms with Gasteiger partial charge in [0.25, 0.3) is 5.91 Å². The van der Waals surface area contributed by atoms with Crippen LogP contribution in [0.15, 0.2) is 36.4 Å². The van der Waals surface area contributed by atoms with Crippen molar-refractivity contribution in [3.8, 4) is 6.07 Å². The van der Waals surface area contributed by atoms with E-state index in [1.165, 1.54) is 0 Å². The number of nitrogens with one attached hydrogen (secondary N) is 1. The Labute approximate surface area is 124 Å². The van der Waals surface area contributed by atoms with Crippen molar-refractivity contribution in [3.05, 3.63) is 64.2 Å². The van der Waals surface area contributed by atoms with Gasteiger partial charge < -0.3 is 11.1 Å². The molecule has 0 unspecified atom stereocenters. The van der Waals surface area contributed by atoms with Crippen molar-refractivity contribution < 1.29 is 4.79 Å². The lowest BCUT2D eigenvalue weighted by Gasteiger charge is -2.10. The number of carbonyl (C=O) groups excluding carboxylic acids is 1. The summed E-state index contributed by atoms with van der Waals surface area (Å²) in [6.07, 6.45) is 0. The number of amides is 1. The van der Waals surface area contributed by atoms with Crippen molar-refractivity contribution in [2.24, 2.45) is 0 Å². The summed E-state index contributed by atoms with van der Waals surface area (Å²) in [6.45, 7) is 4.18. The smallest absolute Gasteiger partial charge is 0.251 e. The lowest BCUT2D eigenvalue weighted by Crippen LogP contribution is -2.24. The Morgan fingerprint density at radius 1 is 1.24 bits per heavy atom. The molecule has 4 heteroatoms. The highest BCUT2D eigenvalue weighted by Crippen LogP contribution is 2.17. The molecule has 0 aromatic heterocycles. The predicted molar refractivity (Wildman–Crippen MR) is 82.7 cm³/mol. The third-order valence-corrected chi connectivity index (χ3v) is 3.37. The number of nitrogens with zero attached hydrogens (tertiary/aromatic N) is 1. The molecule has 2 rings (SSSR count). The van der Waals surface area contributed by atoms with Gasteiger partial charge in [0.2, 0.25) is 0 Å². The van der Waals surface area contributed by atoms with E-state index in [4.69, 9.17) is 11.0 Å². The van der Waals surface area contributed by atoms with Crippen molar-refractivity contribution in [1.82, 2.24) is 5.32 Å². The molecule has 2 aromatic rings. The van der Waals surface area contributed by atoms with Crippen LogP contribution in [0.1, 0.15) is 32.6 Å². The predicted octanol–water partition coefficient (Wildman–Crippen LogP) is 2.69. The molecule has 0 saturated carbocycles. The molecule has 1 amide bonds. The maximum absolute atomic E-state index is 12.2. The summed E-state index contributed by atoms with van der Waals surface area (Å²) >= 11 is 0. The standard InChI is InChI=1S/C17H17N3O/c1-11-6-12(2)16(19)8-15(11)17(21)20-10-14-5-3-4-13(7-14)9-18/h3-8H,10,19H2,1-2H3,(H,20,21). The van der Waals surface area contributed by atoms with Crippen molar-refractivity contribution in [3.63, 3.8) is 0 Å². The average molecular weight is 279 g/mol. The molecule has 0 atom stereocenters. The van der Waals surface area contributed by atoms with Gasteiger partial charge in [-0.25, -0.2) is 0 Å². The molecule has 0 radical (unpaired) electrons. The summed E-state index contributed by atoms with van der Waals surface area (Å²) in [7, 11) is 0. The fourth-order valence-corrected chi connectivity index (χ4v) is 2.14. The van der Waals surface area contributed by atoms with Gasteiger partial charge in [0, 0.05) is 17.8 Å². The fraction of sp³-hybridized carbons (Fsp3) is 0.176. The van der Waals surface area contributed by atoms with E-state index in [-0.39, 0.29) is 5.91 Å². The lowest BCUT2D eigenvalue weighted by molar-refractivity contribution is 0.0950. The van der Waals surface area contributed by atoms with E-state index in [1.807, 2.05) is 26.0 Å². The number of benzene rings is 2. The van der Waals surface area contributed by atoms with Gasteiger partial charge in [-0.05, 0) is 48.7 Å². The van der Waals surface area contributed by atoms with Crippen LogP contribution in [0.5, 0.6) is 0 Å². The molecule has 4 nitrogen and oxygen atoms in total. The van der Waals surface area contributed by atoms with Crippen LogP contribution in [0.4, 0.5) is 5.69 Å². The van der Waals surface area contributed by atoms with Crippen molar-refractivity contribution in [2.75, 3.05) is 5.73 Å². The zero-order chi connectivity index (χ0) is 15.4. The van der Waals surface area contributed by atoms with Gasteiger partial charge in [-0.1, -0.05) is 18.2 Å². The van der Waals surface area contributed by atoms with Crippen LogP contribution in [0.2, 0.25) is 0 Å². The number of carbonyl (C=O) groups is 1. The number of nitrogen functional groups attached to an aromatic ring is 1. The molecule has 106 valence electrons. The molecule has 0 aliphatic rings. The molecule has 0 saturated heterocycles. The number of nitrogens with two attached hydrogens (primary N) is 1. The Balaban J connectivity index is 2.12. The second-order valence-electron chi connectivity index (χ2n) is 5.02. The van der Waals surface area contributed by atoms with E-state index in [2.05, 4.69) is 11.4 Å². The molecular formula is C17H17N3O. The first-order valence-electron chi connectivity index (χ1n) is 6.65. The Bertz CT molecular complexity index is 729.